The Bertz CT molecular complexity index is 701. The number of halogens is 1. The molecule has 0 aliphatic rings. The first-order valence-corrected chi connectivity index (χ1v) is 6.77. The highest BCUT2D eigenvalue weighted by atomic mass is 79.9. The van der Waals surface area contributed by atoms with Gasteiger partial charge >= 0.3 is 0 Å². The summed E-state index contributed by atoms with van der Waals surface area (Å²) in [6, 6.07) is 16.3. The summed E-state index contributed by atoms with van der Waals surface area (Å²) in [5.74, 6) is 0. The third-order valence-corrected chi connectivity index (χ3v) is 3.67. The van der Waals surface area contributed by atoms with E-state index >= 15 is 0 Å². The maximum Gasteiger partial charge on any atom is 0.0955 e. The second-order valence-electron chi connectivity index (χ2n) is 4.35. The van der Waals surface area contributed by atoms with E-state index in [1.54, 1.807) is 6.20 Å². The highest BCUT2D eigenvalue weighted by Crippen LogP contribution is 2.28. The van der Waals surface area contributed by atoms with E-state index in [0.29, 0.717) is 0 Å². The van der Waals surface area contributed by atoms with Gasteiger partial charge in [-0.05, 0) is 25.1 Å². The van der Waals surface area contributed by atoms with Crippen LogP contribution in [0.5, 0.6) is 0 Å². The lowest BCUT2D eigenvalue weighted by Crippen LogP contribution is -1.99. The highest BCUT2D eigenvalue weighted by Gasteiger charge is 2.10. The van der Waals surface area contributed by atoms with Crippen LogP contribution >= 0.6 is 15.9 Å². The van der Waals surface area contributed by atoms with Gasteiger partial charge in [0.05, 0.1) is 17.6 Å². The van der Waals surface area contributed by atoms with Crippen LogP contribution in [0.4, 0.5) is 0 Å². The molecule has 0 aliphatic carbocycles. The molecule has 0 saturated carbocycles. The van der Waals surface area contributed by atoms with Crippen molar-refractivity contribution in [3.8, 4) is 16.9 Å². The molecule has 0 N–H and O–H groups in total. The predicted molar refractivity (Wildman–Crippen MR) is 79.2 cm³/mol. The second kappa shape index (κ2) is 4.97. The molecule has 94 valence electrons. The molecule has 0 bridgehead atoms. The Morgan fingerprint density at radius 1 is 1.00 bits per heavy atom. The van der Waals surface area contributed by atoms with Gasteiger partial charge in [-0.1, -0.05) is 57.0 Å². The predicted octanol–water partition coefficient (Wildman–Crippen LogP) is 4.01. The van der Waals surface area contributed by atoms with E-state index in [1.807, 2.05) is 41.1 Å². The Kier molecular flexibility index (Phi) is 3.17. The van der Waals surface area contributed by atoms with Crippen LogP contribution in [0.25, 0.3) is 16.9 Å². The standard InChI is InChI=1S/C15H12BrN3/c1-11-6-8-12(9-7-11)19-15(10-17-18-19)13-4-2-3-5-14(13)16/h2-10H,1H3. The summed E-state index contributed by atoms with van der Waals surface area (Å²) >= 11 is 3.57. The summed E-state index contributed by atoms with van der Waals surface area (Å²) in [5.41, 5.74) is 4.28. The molecule has 1 aromatic heterocycles. The molecule has 0 unspecified atom stereocenters. The average Bonchev–Trinajstić information content (AvgIpc) is 2.89. The number of hydrogen-bond acceptors (Lipinski definition) is 2. The van der Waals surface area contributed by atoms with Crippen molar-refractivity contribution in [3.05, 3.63) is 64.8 Å². The molecular formula is C15H12BrN3. The quantitative estimate of drug-likeness (QED) is 0.715. The molecule has 2 aromatic carbocycles. The fraction of sp³-hybridized carbons (Fsp3) is 0.0667. The summed E-state index contributed by atoms with van der Waals surface area (Å²) in [7, 11) is 0. The van der Waals surface area contributed by atoms with Crippen LogP contribution < -0.4 is 0 Å². The van der Waals surface area contributed by atoms with Crippen molar-refractivity contribution >= 4 is 15.9 Å². The van der Waals surface area contributed by atoms with Gasteiger partial charge in [0.2, 0.25) is 0 Å². The monoisotopic (exact) mass is 313 g/mol. The fourth-order valence-electron chi connectivity index (χ4n) is 1.96. The van der Waals surface area contributed by atoms with Crippen LogP contribution in [0.2, 0.25) is 0 Å². The van der Waals surface area contributed by atoms with Gasteiger partial charge in [-0.15, -0.1) is 5.10 Å². The molecule has 0 fully saturated rings. The number of aromatic nitrogens is 3. The zero-order valence-corrected chi connectivity index (χ0v) is 12.0. The Labute approximate surface area is 120 Å². The molecule has 0 aliphatic heterocycles. The van der Waals surface area contributed by atoms with E-state index in [4.69, 9.17) is 0 Å². The number of aryl methyl sites for hydroxylation is 1. The third-order valence-electron chi connectivity index (χ3n) is 2.98. The van der Waals surface area contributed by atoms with E-state index in [0.717, 1.165) is 21.4 Å². The zero-order chi connectivity index (χ0) is 13.2. The Morgan fingerprint density at radius 2 is 1.74 bits per heavy atom. The normalized spacial score (nSPS) is 10.6. The molecule has 0 spiro atoms. The van der Waals surface area contributed by atoms with E-state index in [2.05, 4.69) is 45.3 Å². The van der Waals surface area contributed by atoms with Gasteiger partial charge in [0.1, 0.15) is 0 Å². The molecule has 3 rings (SSSR count). The first kappa shape index (κ1) is 12.1. The van der Waals surface area contributed by atoms with Crippen molar-refractivity contribution in [2.45, 2.75) is 6.92 Å². The molecular weight excluding hydrogens is 302 g/mol. The third kappa shape index (κ3) is 2.31. The maximum atomic E-state index is 4.18. The molecule has 1 heterocycles. The van der Waals surface area contributed by atoms with Crippen molar-refractivity contribution < 1.29 is 0 Å². The number of benzene rings is 2. The first-order chi connectivity index (χ1) is 9.25. The van der Waals surface area contributed by atoms with Crippen molar-refractivity contribution in [1.29, 1.82) is 0 Å². The van der Waals surface area contributed by atoms with Crippen LogP contribution in [0.1, 0.15) is 5.56 Å². The van der Waals surface area contributed by atoms with Gasteiger partial charge in [-0.2, -0.15) is 0 Å². The first-order valence-electron chi connectivity index (χ1n) is 5.98. The largest absolute Gasteiger partial charge is 0.213 e. The number of rotatable bonds is 2. The summed E-state index contributed by atoms with van der Waals surface area (Å²) in [6.45, 7) is 2.07. The minimum Gasteiger partial charge on any atom is -0.213 e. The molecule has 3 nitrogen and oxygen atoms in total. The summed E-state index contributed by atoms with van der Waals surface area (Å²) in [4.78, 5) is 0. The van der Waals surface area contributed by atoms with Crippen LogP contribution in [-0.2, 0) is 0 Å². The lowest BCUT2D eigenvalue weighted by molar-refractivity contribution is 0.807. The molecule has 0 atom stereocenters. The zero-order valence-electron chi connectivity index (χ0n) is 10.4. The summed E-state index contributed by atoms with van der Waals surface area (Å²) < 4.78 is 2.88. The van der Waals surface area contributed by atoms with Crippen molar-refractivity contribution in [1.82, 2.24) is 15.0 Å². The van der Waals surface area contributed by atoms with Gasteiger partial charge in [0.25, 0.3) is 0 Å². The topological polar surface area (TPSA) is 30.7 Å². The fourth-order valence-corrected chi connectivity index (χ4v) is 2.45. The van der Waals surface area contributed by atoms with Crippen molar-refractivity contribution in [2.24, 2.45) is 0 Å². The molecule has 0 saturated heterocycles. The van der Waals surface area contributed by atoms with E-state index in [-0.39, 0.29) is 0 Å². The van der Waals surface area contributed by atoms with Crippen molar-refractivity contribution in [3.63, 3.8) is 0 Å². The number of nitrogens with zero attached hydrogens (tertiary/aromatic N) is 3. The van der Waals surface area contributed by atoms with E-state index in [9.17, 15) is 0 Å². The molecule has 0 amide bonds. The summed E-state index contributed by atoms with van der Waals surface area (Å²) in [6.07, 6.45) is 1.78. The minimum absolute atomic E-state index is 0.969. The van der Waals surface area contributed by atoms with Crippen LogP contribution in [-0.4, -0.2) is 15.0 Å². The minimum atomic E-state index is 0.969. The van der Waals surface area contributed by atoms with Gasteiger partial charge in [-0.25, -0.2) is 4.68 Å². The van der Waals surface area contributed by atoms with E-state index < -0.39 is 0 Å². The highest BCUT2D eigenvalue weighted by molar-refractivity contribution is 9.10. The molecule has 19 heavy (non-hydrogen) atoms. The van der Waals surface area contributed by atoms with E-state index in [1.165, 1.54) is 5.56 Å². The van der Waals surface area contributed by atoms with Gasteiger partial charge in [0.15, 0.2) is 0 Å². The molecule has 0 radical (unpaired) electrons. The number of hydrogen-bond donors (Lipinski definition) is 0. The van der Waals surface area contributed by atoms with Gasteiger partial charge in [0, 0.05) is 10.0 Å². The van der Waals surface area contributed by atoms with Crippen LogP contribution in [0, 0.1) is 6.92 Å². The Hall–Kier alpha value is -1.94. The summed E-state index contributed by atoms with van der Waals surface area (Å²) in [5, 5.41) is 8.21. The second-order valence-corrected chi connectivity index (χ2v) is 5.20. The molecule has 4 heteroatoms. The molecule has 3 aromatic rings. The lowest BCUT2D eigenvalue weighted by Gasteiger charge is -2.08. The van der Waals surface area contributed by atoms with Crippen LogP contribution in [0.15, 0.2) is 59.2 Å². The maximum absolute atomic E-state index is 4.18. The Morgan fingerprint density at radius 3 is 2.47 bits per heavy atom. The SMILES string of the molecule is Cc1ccc(-n2nncc2-c2ccccc2Br)cc1. The lowest BCUT2D eigenvalue weighted by atomic mass is 10.1. The average molecular weight is 314 g/mol. The van der Waals surface area contributed by atoms with Gasteiger partial charge in [-0.3, -0.25) is 0 Å². The van der Waals surface area contributed by atoms with Gasteiger partial charge < -0.3 is 0 Å². The van der Waals surface area contributed by atoms with Crippen LogP contribution in [0.3, 0.4) is 0 Å². The van der Waals surface area contributed by atoms with Crippen molar-refractivity contribution in [2.75, 3.05) is 0 Å². The smallest absolute Gasteiger partial charge is 0.0955 e. The Balaban J connectivity index is 2.13.